The maximum absolute atomic E-state index is 12.2. The van der Waals surface area contributed by atoms with E-state index in [-0.39, 0.29) is 17.6 Å². The Balaban J connectivity index is 1.42. The molecule has 1 heterocycles. The van der Waals surface area contributed by atoms with Crippen LogP contribution in [0.15, 0.2) is 64.2 Å². The summed E-state index contributed by atoms with van der Waals surface area (Å²) in [5.41, 5.74) is 2.54. The lowest BCUT2D eigenvalue weighted by Crippen LogP contribution is -2.37. The smallest absolute Gasteiger partial charge is 0.317 e. The summed E-state index contributed by atoms with van der Waals surface area (Å²) < 4.78 is 10.7. The third-order valence-electron chi connectivity index (χ3n) is 4.22. The van der Waals surface area contributed by atoms with Gasteiger partial charge in [0, 0.05) is 6.54 Å². The molecule has 3 aromatic rings. The first-order valence-electron chi connectivity index (χ1n) is 9.03. The number of hydrogen-bond donors (Lipinski definition) is 1. The number of benzene rings is 2. The summed E-state index contributed by atoms with van der Waals surface area (Å²) in [4.78, 5) is 28.5. The quantitative estimate of drug-likeness (QED) is 0.459. The van der Waals surface area contributed by atoms with Crippen LogP contribution in [0.3, 0.4) is 0 Å². The molecule has 0 saturated heterocycles. The summed E-state index contributed by atoms with van der Waals surface area (Å²) >= 11 is 1.14. The number of nitrogens with one attached hydrogen (secondary N) is 1. The normalized spacial score (nSPS) is 13.1. The Morgan fingerprint density at radius 3 is 2.57 bits per heavy atom. The van der Waals surface area contributed by atoms with Gasteiger partial charge in [0.2, 0.25) is 0 Å². The number of rotatable bonds is 8. The van der Waals surface area contributed by atoms with Crippen LogP contribution in [0, 0.1) is 0 Å². The third kappa shape index (κ3) is 5.36. The van der Waals surface area contributed by atoms with Crippen LogP contribution in [0.5, 0.6) is 0 Å². The molecule has 0 aliphatic heterocycles. The van der Waals surface area contributed by atoms with Crippen LogP contribution < -0.4 is 5.32 Å². The predicted octanol–water partition coefficient (Wildman–Crippen LogP) is 3.77. The number of aromatic nitrogens is 1. The number of ether oxygens (including phenoxy) is 1. The van der Waals surface area contributed by atoms with Gasteiger partial charge in [-0.2, -0.15) is 0 Å². The highest BCUT2D eigenvalue weighted by Gasteiger charge is 2.19. The average molecular weight is 398 g/mol. The SMILES string of the molecule is CC(OC(=O)CSc1nc2ccccc2o1)C(=O)NCC(C)c1ccccc1. The van der Waals surface area contributed by atoms with Crippen LogP contribution in [0.4, 0.5) is 0 Å². The number of carbonyl (C=O) groups excluding carboxylic acids is 2. The second-order valence-corrected chi connectivity index (χ2v) is 7.35. The van der Waals surface area contributed by atoms with Gasteiger partial charge in [-0.1, -0.05) is 61.2 Å². The second-order valence-electron chi connectivity index (χ2n) is 6.43. The fourth-order valence-corrected chi connectivity index (χ4v) is 3.24. The van der Waals surface area contributed by atoms with E-state index in [1.165, 1.54) is 0 Å². The topological polar surface area (TPSA) is 81.4 Å². The number of nitrogens with zero attached hydrogens (tertiary/aromatic N) is 1. The summed E-state index contributed by atoms with van der Waals surface area (Å²) in [7, 11) is 0. The number of para-hydroxylation sites is 2. The van der Waals surface area contributed by atoms with Gasteiger partial charge in [0.1, 0.15) is 11.3 Å². The van der Waals surface area contributed by atoms with E-state index in [9.17, 15) is 9.59 Å². The molecular weight excluding hydrogens is 376 g/mol. The molecule has 2 unspecified atom stereocenters. The fraction of sp³-hybridized carbons (Fsp3) is 0.286. The zero-order valence-electron chi connectivity index (χ0n) is 15.8. The Morgan fingerprint density at radius 2 is 1.82 bits per heavy atom. The standard InChI is InChI=1S/C21H22N2O4S/c1-14(16-8-4-3-5-9-16)12-22-20(25)15(2)26-19(24)13-28-21-23-17-10-6-7-11-18(17)27-21/h3-11,14-15H,12-13H2,1-2H3,(H,22,25). The van der Waals surface area contributed by atoms with Crippen LogP contribution in [0.1, 0.15) is 25.3 Å². The number of oxazole rings is 1. The van der Waals surface area contributed by atoms with E-state index in [2.05, 4.69) is 10.3 Å². The molecule has 0 spiro atoms. The molecule has 1 amide bonds. The molecule has 146 valence electrons. The van der Waals surface area contributed by atoms with Crippen molar-refractivity contribution in [1.29, 1.82) is 0 Å². The van der Waals surface area contributed by atoms with Crippen molar-refractivity contribution < 1.29 is 18.7 Å². The van der Waals surface area contributed by atoms with E-state index in [1.807, 2.05) is 61.5 Å². The first kappa shape index (κ1) is 19.9. The summed E-state index contributed by atoms with van der Waals surface area (Å²) in [6.45, 7) is 4.07. The zero-order valence-corrected chi connectivity index (χ0v) is 16.6. The highest BCUT2D eigenvalue weighted by molar-refractivity contribution is 7.99. The first-order chi connectivity index (χ1) is 13.5. The minimum atomic E-state index is -0.861. The number of esters is 1. The first-order valence-corrected chi connectivity index (χ1v) is 10.0. The largest absolute Gasteiger partial charge is 0.452 e. The van der Waals surface area contributed by atoms with Gasteiger partial charge >= 0.3 is 5.97 Å². The highest BCUT2D eigenvalue weighted by atomic mass is 32.2. The second kappa shape index (κ2) is 9.41. The van der Waals surface area contributed by atoms with Crippen molar-refractivity contribution in [2.75, 3.05) is 12.3 Å². The van der Waals surface area contributed by atoms with Gasteiger partial charge in [-0.15, -0.1) is 0 Å². The van der Waals surface area contributed by atoms with E-state index in [0.29, 0.717) is 17.4 Å². The fourth-order valence-electron chi connectivity index (χ4n) is 2.62. The lowest BCUT2D eigenvalue weighted by Gasteiger charge is -2.16. The Labute approximate surface area is 167 Å². The van der Waals surface area contributed by atoms with Crippen molar-refractivity contribution in [2.24, 2.45) is 0 Å². The molecule has 0 radical (unpaired) electrons. The van der Waals surface area contributed by atoms with E-state index in [4.69, 9.17) is 9.15 Å². The van der Waals surface area contributed by atoms with Crippen LogP contribution in [0.25, 0.3) is 11.1 Å². The zero-order chi connectivity index (χ0) is 19.9. The van der Waals surface area contributed by atoms with Gasteiger partial charge < -0.3 is 14.5 Å². The number of thioether (sulfide) groups is 1. The van der Waals surface area contributed by atoms with E-state index in [0.717, 1.165) is 22.8 Å². The highest BCUT2D eigenvalue weighted by Crippen LogP contribution is 2.23. The summed E-state index contributed by atoms with van der Waals surface area (Å²) in [5.74, 6) is -0.623. The number of hydrogen-bond acceptors (Lipinski definition) is 6. The van der Waals surface area contributed by atoms with Crippen LogP contribution in [0.2, 0.25) is 0 Å². The van der Waals surface area contributed by atoms with Gasteiger partial charge in [-0.05, 0) is 30.5 Å². The van der Waals surface area contributed by atoms with Crippen molar-refractivity contribution >= 4 is 34.7 Å². The predicted molar refractivity (Wildman–Crippen MR) is 108 cm³/mol. The van der Waals surface area contributed by atoms with E-state index < -0.39 is 12.1 Å². The lowest BCUT2D eigenvalue weighted by atomic mass is 10.0. The molecule has 0 aliphatic carbocycles. The van der Waals surface area contributed by atoms with Gasteiger partial charge in [0.15, 0.2) is 11.7 Å². The minimum Gasteiger partial charge on any atom is -0.452 e. The summed E-state index contributed by atoms with van der Waals surface area (Å²) in [6.07, 6.45) is -0.861. The molecule has 0 fully saturated rings. The van der Waals surface area contributed by atoms with Crippen molar-refractivity contribution in [2.45, 2.75) is 31.1 Å². The van der Waals surface area contributed by atoms with Crippen LogP contribution in [-0.4, -0.2) is 35.3 Å². The van der Waals surface area contributed by atoms with Crippen molar-refractivity contribution in [1.82, 2.24) is 10.3 Å². The number of carbonyl (C=O) groups is 2. The van der Waals surface area contributed by atoms with E-state index >= 15 is 0 Å². The van der Waals surface area contributed by atoms with Crippen LogP contribution in [-0.2, 0) is 14.3 Å². The van der Waals surface area contributed by atoms with Crippen molar-refractivity contribution in [3.05, 3.63) is 60.2 Å². The number of amides is 1. The average Bonchev–Trinajstić information content (AvgIpc) is 3.14. The number of fused-ring (bicyclic) bond motifs is 1. The van der Waals surface area contributed by atoms with Crippen molar-refractivity contribution in [3.63, 3.8) is 0 Å². The Hall–Kier alpha value is -2.80. The minimum absolute atomic E-state index is 0.0187. The Kier molecular flexibility index (Phi) is 6.71. The molecule has 0 aliphatic rings. The molecule has 0 bridgehead atoms. The third-order valence-corrected chi connectivity index (χ3v) is 5.02. The van der Waals surface area contributed by atoms with Gasteiger partial charge in [0.25, 0.3) is 11.1 Å². The molecule has 2 aromatic carbocycles. The monoisotopic (exact) mass is 398 g/mol. The summed E-state index contributed by atoms with van der Waals surface area (Å²) in [6, 6.07) is 17.3. The molecule has 1 N–H and O–H groups in total. The van der Waals surface area contributed by atoms with E-state index in [1.54, 1.807) is 6.92 Å². The van der Waals surface area contributed by atoms with Crippen molar-refractivity contribution in [3.8, 4) is 0 Å². The van der Waals surface area contributed by atoms with Gasteiger partial charge in [0.05, 0.1) is 0 Å². The maximum atomic E-state index is 12.2. The molecule has 28 heavy (non-hydrogen) atoms. The summed E-state index contributed by atoms with van der Waals surface area (Å²) in [5, 5.41) is 3.22. The molecule has 2 atom stereocenters. The molecule has 7 heteroatoms. The Morgan fingerprint density at radius 1 is 1.11 bits per heavy atom. The van der Waals surface area contributed by atoms with Crippen LogP contribution >= 0.6 is 11.8 Å². The molecule has 1 aromatic heterocycles. The van der Waals surface area contributed by atoms with Gasteiger partial charge in [-0.25, -0.2) is 4.98 Å². The maximum Gasteiger partial charge on any atom is 0.317 e. The van der Waals surface area contributed by atoms with Gasteiger partial charge in [-0.3, -0.25) is 9.59 Å². The lowest BCUT2D eigenvalue weighted by molar-refractivity contribution is -0.152. The molecule has 0 saturated carbocycles. The Bertz CT molecular complexity index is 909. The molecule has 6 nitrogen and oxygen atoms in total. The molecule has 3 rings (SSSR count). The molecular formula is C21H22N2O4S.